The monoisotopic (exact) mass is 399 g/mol. The van der Waals surface area contributed by atoms with Gasteiger partial charge in [0.2, 0.25) is 0 Å². The van der Waals surface area contributed by atoms with E-state index in [1.807, 2.05) is 13.0 Å². The fourth-order valence-electron chi connectivity index (χ4n) is 5.27. The number of rotatable bonds is 4. The van der Waals surface area contributed by atoms with Crippen molar-refractivity contribution in [2.45, 2.75) is 52.5 Å². The van der Waals surface area contributed by atoms with Gasteiger partial charge in [-0.25, -0.2) is 0 Å². The maximum Gasteiger partial charge on any atom is 0.197 e. The molecule has 5 rings (SSSR count). The molecule has 1 saturated carbocycles. The van der Waals surface area contributed by atoms with Crippen molar-refractivity contribution in [3.05, 3.63) is 64.9 Å². The van der Waals surface area contributed by atoms with Crippen molar-refractivity contribution >= 4 is 22.1 Å². The Morgan fingerprint density at radius 3 is 2.63 bits per heavy atom. The Morgan fingerprint density at radius 1 is 1.03 bits per heavy atom. The van der Waals surface area contributed by atoms with E-state index >= 15 is 0 Å². The fourth-order valence-corrected chi connectivity index (χ4v) is 5.27. The molecule has 2 aliphatic rings. The van der Waals surface area contributed by atoms with Crippen LogP contribution in [0.25, 0.3) is 27.7 Å². The Kier molecular flexibility index (Phi) is 4.86. The van der Waals surface area contributed by atoms with Crippen molar-refractivity contribution in [1.82, 2.24) is 5.32 Å². The second-order valence-electron chi connectivity index (χ2n) is 8.96. The molecule has 30 heavy (non-hydrogen) atoms. The first-order chi connectivity index (χ1) is 14.6. The highest BCUT2D eigenvalue weighted by molar-refractivity contribution is 6.36. The average molecular weight is 400 g/mol. The number of hydrogen-bond donors (Lipinski definition) is 1. The Morgan fingerprint density at radius 2 is 1.83 bits per heavy atom. The molecule has 0 bridgehead atoms. The molecule has 0 unspecified atom stereocenters. The van der Waals surface area contributed by atoms with Crippen molar-refractivity contribution < 1.29 is 9.21 Å². The van der Waals surface area contributed by atoms with Crippen LogP contribution in [0.2, 0.25) is 0 Å². The van der Waals surface area contributed by atoms with E-state index in [4.69, 9.17) is 4.42 Å². The third-order valence-corrected chi connectivity index (χ3v) is 7.02. The summed E-state index contributed by atoms with van der Waals surface area (Å²) in [6.45, 7) is 9.96. The van der Waals surface area contributed by atoms with Crippen LogP contribution in [0.4, 0.5) is 0 Å². The molecule has 0 aliphatic heterocycles. The van der Waals surface area contributed by atoms with Gasteiger partial charge in [-0.2, -0.15) is 0 Å². The Hall–Kier alpha value is -2.65. The molecular formula is C27H29NO2. The van der Waals surface area contributed by atoms with Gasteiger partial charge in [0, 0.05) is 22.3 Å². The molecule has 3 heteroatoms. The normalized spacial score (nSPS) is 16.7. The topological polar surface area (TPSA) is 42.2 Å². The van der Waals surface area contributed by atoms with E-state index in [2.05, 4.69) is 43.1 Å². The summed E-state index contributed by atoms with van der Waals surface area (Å²) >= 11 is 0. The lowest BCUT2D eigenvalue weighted by molar-refractivity contribution is 0.105. The molecule has 0 saturated heterocycles. The molecule has 0 radical (unpaired) electrons. The van der Waals surface area contributed by atoms with Crippen LogP contribution in [-0.2, 0) is 6.54 Å². The average Bonchev–Trinajstić information content (AvgIpc) is 3.09. The molecule has 1 heterocycles. The quantitative estimate of drug-likeness (QED) is 0.503. The molecule has 0 atom stereocenters. The molecule has 1 fully saturated rings. The summed E-state index contributed by atoms with van der Waals surface area (Å²) in [5, 5.41) is 5.81. The van der Waals surface area contributed by atoms with E-state index < -0.39 is 0 Å². The third kappa shape index (κ3) is 3.04. The largest absolute Gasteiger partial charge is 0.459 e. The fraction of sp³-hybridized carbons (Fsp3) is 0.370. The molecule has 0 amide bonds. The minimum Gasteiger partial charge on any atom is -0.459 e. The van der Waals surface area contributed by atoms with Crippen LogP contribution in [-0.4, -0.2) is 12.3 Å². The Bertz CT molecular complexity index is 1160. The summed E-state index contributed by atoms with van der Waals surface area (Å²) in [4.78, 5) is 13.3. The number of carbonyl (C=O) groups is 1. The van der Waals surface area contributed by atoms with Crippen molar-refractivity contribution in [2.24, 2.45) is 5.92 Å². The summed E-state index contributed by atoms with van der Waals surface area (Å²) in [7, 11) is 0. The molecule has 1 aromatic heterocycles. The summed E-state index contributed by atoms with van der Waals surface area (Å²) in [5.74, 6) is 2.33. The van der Waals surface area contributed by atoms with Gasteiger partial charge in [0.15, 0.2) is 5.78 Å². The van der Waals surface area contributed by atoms with Crippen LogP contribution < -0.4 is 5.32 Å². The first-order valence-electron chi connectivity index (χ1n) is 11.2. The highest BCUT2D eigenvalue weighted by Gasteiger charge is 2.33. The molecule has 0 spiro atoms. The molecule has 154 valence electrons. The number of fused-ring (bicyclic) bond motifs is 5. The summed E-state index contributed by atoms with van der Waals surface area (Å²) < 4.78 is 6.33. The number of nitrogens with one attached hydrogen (secondary N) is 1. The SMILES string of the molecule is C=C1C(=O)c2c(oc(CNCC3CCCCC3)c2C)-c2ccc3c(C)cccc3c21. The first-order valence-corrected chi connectivity index (χ1v) is 11.2. The number of ketones is 1. The summed E-state index contributed by atoms with van der Waals surface area (Å²) in [6.07, 6.45) is 6.71. The number of benzene rings is 2. The van der Waals surface area contributed by atoms with E-state index in [-0.39, 0.29) is 5.78 Å². The predicted molar refractivity (Wildman–Crippen MR) is 123 cm³/mol. The first kappa shape index (κ1) is 19.3. The van der Waals surface area contributed by atoms with Gasteiger partial charge in [-0.05, 0) is 61.6 Å². The van der Waals surface area contributed by atoms with Crippen LogP contribution in [0.5, 0.6) is 0 Å². The van der Waals surface area contributed by atoms with Crippen molar-refractivity contribution in [2.75, 3.05) is 6.54 Å². The zero-order chi connectivity index (χ0) is 20.8. The van der Waals surface area contributed by atoms with Gasteiger partial charge < -0.3 is 9.73 Å². The number of carbonyl (C=O) groups excluding carboxylic acids is 1. The van der Waals surface area contributed by atoms with Gasteiger partial charge in [0.05, 0.1) is 12.1 Å². The zero-order valence-corrected chi connectivity index (χ0v) is 17.9. The van der Waals surface area contributed by atoms with Gasteiger partial charge in [-0.1, -0.05) is 50.1 Å². The third-order valence-electron chi connectivity index (χ3n) is 7.02. The minimum atomic E-state index is -0.00807. The van der Waals surface area contributed by atoms with E-state index in [0.29, 0.717) is 23.4 Å². The molecule has 2 aromatic carbocycles. The molecule has 2 aliphatic carbocycles. The van der Waals surface area contributed by atoms with Crippen LogP contribution in [0, 0.1) is 19.8 Å². The lowest BCUT2D eigenvalue weighted by Crippen LogP contribution is -2.24. The zero-order valence-electron chi connectivity index (χ0n) is 17.9. The lowest BCUT2D eigenvalue weighted by atomic mass is 9.81. The molecule has 3 nitrogen and oxygen atoms in total. The number of Topliss-reactive ketones (excluding diaryl/α,β-unsaturated/α-hetero) is 1. The number of hydrogen-bond acceptors (Lipinski definition) is 3. The van der Waals surface area contributed by atoms with Crippen molar-refractivity contribution in [1.29, 1.82) is 0 Å². The van der Waals surface area contributed by atoms with Gasteiger partial charge >= 0.3 is 0 Å². The Balaban J connectivity index is 1.51. The van der Waals surface area contributed by atoms with Crippen LogP contribution >= 0.6 is 0 Å². The highest BCUT2D eigenvalue weighted by Crippen LogP contribution is 2.45. The maximum absolute atomic E-state index is 13.3. The van der Waals surface area contributed by atoms with E-state index in [1.54, 1.807) is 0 Å². The standard InChI is InChI=1S/C27H29NO2/c1-16-8-7-11-21-20(16)12-13-22-24(21)18(3)26(29)25-17(2)23(30-27(22)25)15-28-14-19-9-5-4-6-10-19/h7-8,11-13,19,28H,3-6,9-10,14-15H2,1-2H3. The second-order valence-corrected chi connectivity index (χ2v) is 8.96. The summed E-state index contributed by atoms with van der Waals surface area (Å²) in [6, 6.07) is 10.4. The molecule has 1 N–H and O–H groups in total. The highest BCUT2D eigenvalue weighted by atomic mass is 16.3. The molecule has 3 aromatic rings. The maximum atomic E-state index is 13.3. The number of aryl methyl sites for hydroxylation is 1. The summed E-state index contributed by atoms with van der Waals surface area (Å²) in [5.41, 5.74) is 5.30. The van der Waals surface area contributed by atoms with Gasteiger partial charge in [0.1, 0.15) is 11.5 Å². The Labute approximate surface area is 178 Å². The van der Waals surface area contributed by atoms with Crippen molar-refractivity contribution in [3.8, 4) is 11.3 Å². The van der Waals surface area contributed by atoms with Gasteiger partial charge in [-0.3, -0.25) is 4.79 Å². The van der Waals surface area contributed by atoms with Gasteiger partial charge in [0.25, 0.3) is 0 Å². The lowest BCUT2D eigenvalue weighted by Gasteiger charge is -2.21. The minimum absolute atomic E-state index is 0.00807. The predicted octanol–water partition coefficient (Wildman–Crippen LogP) is 6.60. The van der Waals surface area contributed by atoms with E-state index in [1.165, 1.54) is 37.7 Å². The smallest absolute Gasteiger partial charge is 0.197 e. The number of furan rings is 1. The van der Waals surface area contributed by atoms with Crippen LogP contribution in [0.3, 0.4) is 0 Å². The van der Waals surface area contributed by atoms with E-state index in [9.17, 15) is 4.79 Å². The van der Waals surface area contributed by atoms with Crippen LogP contribution in [0.15, 0.2) is 41.3 Å². The number of allylic oxidation sites excluding steroid dienone is 1. The van der Waals surface area contributed by atoms with E-state index in [0.717, 1.165) is 45.7 Å². The molecular weight excluding hydrogens is 370 g/mol. The van der Waals surface area contributed by atoms with Gasteiger partial charge in [-0.15, -0.1) is 0 Å². The van der Waals surface area contributed by atoms with Crippen LogP contribution in [0.1, 0.15) is 64.9 Å². The van der Waals surface area contributed by atoms with Crippen molar-refractivity contribution in [3.63, 3.8) is 0 Å². The second kappa shape index (κ2) is 7.55.